The van der Waals surface area contributed by atoms with Crippen LogP contribution < -0.4 is 15.8 Å². The predicted octanol–water partition coefficient (Wildman–Crippen LogP) is 0.369. The molecular weight excluding hydrogens is 344 g/mol. The summed E-state index contributed by atoms with van der Waals surface area (Å²) in [5.41, 5.74) is -0.903. The van der Waals surface area contributed by atoms with E-state index in [0.717, 1.165) is 38.9 Å². The van der Waals surface area contributed by atoms with Crippen molar-refractivity contribution in [1.29, 1.82) is 0 Å². The Morgan fingerprint density at radius 3 is 2.40 bits per heavy atom. The van der Waals surface area contributed by atoms with Crippen LogP contribution in [-0.4, -0.2) is 49.0 Å². The number of benzene rings is 1. The monoisotopic (exact) mass is 366 g/mol. The number of aromatic amines is 2. The minimum absolute atomic E-state index is 0.0682. The van der Waals surface area contributed by atoms with Crippen LogP contribution in [0.5, 0.6) is 0 Å². The molecule has 3 rings (SSSR count). The highest BCUT2D eigenvalue weighted by Gasteiger charge is 2.24. The first-order chi connectivity index (χ1) is 11.9. The molecule has 0 radical (unpaired) electrons. The summed E-state index contributed by atoms with van der Waals surface area (Å²) < 4.78 is 28.0. The molecule has 0 amide bonds. The molecule has 0 unspecified atom stereocenters. The summed E-state index contributed by atoms with van der Waals surface area (Å²) in [5, 5.41) is 0. The summed E-state index contributed by atoms with van der Waals surface area (Å²) >= 11 is 0. The third kappa shape index (κ3) is 4.00. The van der Waals surface area contributed by atoms with Gasteiger partial charge in [-0.15, -0.1) is 0 Å². The van der Waals surface area contributed by atoms with Crippen LogP contribution in [0.3, 0.4) is 0 Å². The average molecular weight is 366 g/mol. The summed E-state index contributed by atoms with van der Waals surface area (Å²) in [6, 6.07) is 4.17. The zero-order chi connectivity index (χ0) is 18.0. The van der Waals surface area contributed by atoms with E-state index in [4.69, 9.17) is 0 Å². The lowest BCUT2D eigenvalue weighted by atomic mass is 10.1. The molecule has 0 bridgehead atoms. The molecule has 8 nitrogen and oxygen atoms in total. The molecule has 25 heavy (non-hydrogen) atoms. The Labute approximate surface area is 145 Å². The zero-order valence-electron chi connectivity index (χ0n) is 14.0. The molecule has 1 saturated heterocycles. The van der Waals surface area contributed by atoms with Crippen molar-refractivity contribution >= 4 is 21.1 Å². The number of rotatable bonds is 5. The second kappa shape index (κ2) is 7.11. The Morgan fingerprint density at radius 1 is 1.12 bits per heavy atom. The van der Waals surface area contributed by atoms with Crippen LogP contribution in [0.1, 0.15) is 26.2 Å². The summed E-state index contributed by atoms with van der Waals surface area (Å²) in [4.78, 5) is 30.0. The lowest BCUT2D eigenvalue weighted by Gasteiger charge is -2.31. The van der Waals surface area contributed by atoms with Crippen molar-refractivity contribution < 1.29 is 8.42 Å². The van der Waals surface area contributed by atoms with E-state index in [1.165, 1.54) is 18.2 Å². The Morgan fingerprint density at radius 2 is 1.76 bits per heavy atom. The third-order valence-electron chi connectivity index (χ3n) is 4.45. The maximum Gasteiger partial charge on any atom is 0.314 e. The number of nitrogens with zero attached hydrogens (tertiary/aromatic N) is 1. The lowest BCUT2D eigenvalue weighted by molar-refractivity contribution is 0.208. The molecule has 3 N–H and O–H groups in total. The van der Waals surface area contributed by atoms with Gasteiger partial charge < -0.3 is 14.9 Å². The number of piperidine rings is 1. The average Bonchev–Trinajstić information content (AvgIpc) is 2.57. The van der Waals surface area contributed by atoms with Crippen LogP contribution in [0.4, 0.5) is 0 Å². The molecule has 136 valence electrons. The minimum Gasteiger partial charge on any atom is -0.316 e. The smallest absolute Gasteiger partial charge is 0.314 e. The molecule has 0 atom stereocenters. The molecular formula is C16H22N4O4S. The fourth-order valence-electron chi connectivity index (χ4n) is 3.14. The maximum atomic E-state index is 12.6. The van der Waals surface area contributed by atoms with E-state index in [-0.39, 0.29) is 16.5 Å². The van der Waals surface area contributed by atoms with Crippen molar-refractivity contribution in [2.75, 3.05) is 19.6 Å². The Bertz CT molecular complexity index is 972. The van der Waals surface area contributed by atoms with E-state index in [1.54, 1.807) is 0 Å². The highest BCUT2D eigenvalue weighted by atomic mass is 32.2. The van der Waals surface area contributed by atoms with E-state index >= 15 is 0 Å². The van der Waals surface area contributed by atoms with E-state index in [9.17, 15) is 18.0 Å². The van der Waals surface area contributed by atoms with Gasteiger partial charge in [-0.1, -0.05) is 6.92 Å². The molecule has 0 aliphatic carbocycles. The standard InChI is InChI=1S/C16H22N4O4S/c1-2-7-20-8-5-11(6-9-20)19-25(23,24)12-3-4-13-14(10-12)18-16(22)15(21)17-13/h3-4,10-11,19H,2,5-9H2,1H3,(H,17,21)(H,18,22). The van der Waals surface area contributed by atoms with Crippen molar-refractivity contribution in [1.82, 2.24) is 19.6 Å². The molecule has 1 aromatic heterocycles. The quantitative estimate of drug-likeness (QED) is 0.661. The first kappa shape index (κ1) is 17.8. The summed E-state index contributed by atoms with van der Waals surface area (Å²) in [5.74, 6) is 0. The van der Waals surface area contributed by atoms with E-state index in [1.807, 2.05) is 0 Å². The lowest BCUT2D eigenvalue weighted by Crippen LogP contribution is -2.44. The van der Waals surface area contributed by atoms with Crippen molar-refractivity contribution in [3.05, 3.63) is 38.9 Å². The second-order valence-corrected chi connectivity index (χ2v) is 8.07. The first-order valence-electron chi connectivity index (χ1n) is 8.40. The number of fused-ring (bicyclic) bond motifs is 1. The van der Waals surface area contributed by atoms with E-state index in [0.29, 0.717) is 5.52 Å². The summed E-state index contributed by atoms with van der Waals surface area (Å²) in [6.45, 7) is 4.93. The van der Waals surface area contributed by atoms with Gasteiger partial charge in [0.25, 0.3) is 0 Å². The van der Waals surface area contributed by atoms with Crippen LogP contribution >= 0.6 is 0 Å². The van der Waals surface area contributed by atoms with E-state index < -0.39 is 21.1 Å². The number of nitrogens with one attached hydrogen (secondary N) is 3. The number of H-pyrrole nitrogens is 2. The van der Waals surface area contributed by atoms with Crippen molar-refractivity contribution in [2.24, 2.45) is 0 Å². The van der Waals surface area contributed by atoms with Gasteiger partial charge in [0.2, 0.25) is 10.0 Å². The van der Waals surface area contributed by atoms with Crippen LogP contribution in [0.25, 0.3) is 11.0 Å². The van der Waals surface area contributed by atoms with Gasteiger partial charge >= 0.3 is 11.1 Å². The number of hydrogen-bond acceptors (Lipinski definition) is 5. The Balaban J connectivity index is 1.78. The van der Waals surface area contributed by atoms with Crippen LogP contribution in [0.2, 0.25) is 0 Å². The van der Waals surface area contributed by atoms with Gasteiger partial charge in [0.15, 0.2) is 0 Å². The van der Waals surface area contributed by atoms with Crippen molar-refractivity contribution in [3.63, 3.8) is 0 Å². The number of hydrogen-bond donors (Lipinski definition) is 3. The third-order valence-corrected chi connectivity index (χ3v) is 5.97. The van der Waals surface area contributed by atoms with Crippen LogP contribution in [-0.2, 0) is 10.0 Å². The SMILES string of the molecule is CCCN1CCC(NS(=O)(=O)c2ccc3[nH]c(=O)c(=O)[nH]c3c2)CC1. The number of aromatic nitrogens is 2. The van der Waals surface area contributed by atoms with Gasteiger partial charge in [-0.05, 0) is 57.1 Å². The Hall–Kier alpha value is -1.97. The Kier molecular flexibility index (Phi) is 5.07. The molecule has 2 aromatic rings. The largest absolute Gasteiger partial charge is 0.316 e. The zero-order valence-corrected chi connectivity index (χ0v) is 14.9. The van der Waals surface area contributed by atoms with Crippen LogP contribution in [0.15, 0.2) is 32.7 Å². The molecule has 1 aliphatic rings. The topological polar surface area (TPSA) is 115 Å². The van der Waals surface area contributed by atoms with Crippen LogP contribution in [0, 0.1) is 0 Å². The molecule has 1 aliphatic heterocycles. The fraction of sp³-hybridized carbons (Fsp3) is 0.500. The molecule has 1 aromatic carbocycles. The first-order valence-corrected chi connectivity index (χ1v) is 9.88. The highest BCUT2D eigenvalue weighted by Crippen LogP contribution is 2.17. The fourth-order valence-corrected chi connectivity index (χ4v) is 4.47. The van der Waals surface area contributed by atoms with Crippen molar-refractivity contribution in [3.8, 4) is 0 Å². The van der Waals surface area contributed by atoms with E-state index in [2.05, 4.69) is 26.5 Å². The summed E-state index contributed by atoms with van der Waals surface area (Å²) in [7, 11) is -3.69. The highest BCUT2D eigenvalue weighted by molar-refractivity contribution is 7.89. The van der Waals surface area contributed by atoms with Gasteiger partial charge in [-0.2, -0.15) is 0 Å². The summed E-state index contributed by atoms with van der Waals surface area (Å²) in [6.07, 6.45) is 2.64. The maximum absolute atomic E-state index is 12.6. The van der Waals surface area contributed by atoms with Gasteiger partial charge in [-0.25, -0.2) is 13.1 Å². The molecule has 9 heteroatoms. The van der Waals surface area contributed by atoms with Gasteiger partial charge in [0, 0.05) is 6.04 Å². The van der Waals surface area contributed by atoms with Gasteiger partial charge in [-0.3, -0.25) is 9.59 Å². The van der Waals surface area contributed by atoms with Crippen molar-refractivity contribution in [2.45, 2.75) is 37.1 Å². The van der Waals surface area contributed by atoms with Gasteiger partial charge in [0.05, 0.1) is 15.9 Å². The van der Waals surface area contributed by atoms with Gasteiger partial charge in [0.1, 0.15) is 0 Å². The molecule has 1 fully saturated rings. The number of likely N-dealkylation sites (tertiary alicyclic amines) is 1. The molecule has 0 spiro atoms. The second-order valence-electron chi connectivity index (χ2n) is 6.35. The predicted molar refractivity (Wildman–Crippen MR) is 95.3 cm³/mol. The normalized spacial score (nSPS) is 17.2. The molecule has 0 saturated carbocycles. The minimum atomic E-state index is -3.69. The molecule has 2 heterocycles. The number of sulfonamides is 1.